The van der Waals surface area contributed by atoms with Crippen LogP contribution >= 0.6 is 0 Å². The summed E-state index contributed by atoms with van der Waals surface area (Å²) in [5, 5.41) is 3.59. The van der Waals surface area contributed by atoms with E-state index in [0.717, 1.165) is 19.6 Å². The van der Waals surface area contributed by atoms with Crippen molar-refractivity contribution in [1.82, 2.24) is 10.2 Å². The first-order valence-corrected chi connectivity index (χ1v) is 7.33. The zero-order valence-electron chi connectivity index (χ0n) is 13.7. The second-order valence-corrected chi connectivity index (χ2v) is 6.85. The van der Waals surface area contributed by atoms with Crippen molar-refractivity contribution in [2.24, 2.45) is 5.92 Å². The molecular formula is C15H32N2O2. The molecule has 0 saturated carbocycles. The molecule has 0 spiro atoms. The van der Waals surface area contributed by atoms with Crippen LogP contribution in [0.3, 0.4) is 0 Å². The van der Waals surface area contributed by atoms with Crippen molar-refractivity contribution in [3.8, 4) is 0 Å². The molecular weight excluding hydrogens is 240 g/mol. The molecule has 4 atom stereocenters. The molecule has 1 heterocycles. The van der Waals surface area contributed by atoms with Gasteiger partial charge in [0.15, 0.2) is 0 Å². The van der Waals surface area contributed by atoms with Crippen LogP contribution in [0.5, 0.6) is 0 Å². The van der Waals surface area contributed by atoms with Crippen LogP contribution in [-0.2, 0) is 9.47 Å². The maximum atomic E-state index is 5.51. The summed E-state index contributed by atoms with van der Waals surface area (Å²) in [7, 11) is 3.55. The van der Waals surface area contributed by atoms with Gasteiger partial charge in [-0.25, -0.2) is 0 Å². The summed E-state index contributed by atoms with van der Waals surface area (Å²) >= 11 is 0. The van der Waals surface area contributed by atoms with Gasteiger partial charge >= 0.3 is 0 Å². The minimum atomic E-state index is 0.184. The summed E-state index contributed by atoms with van der Waals surface area (Å²) in [6.45, 7) is 14.2. The number of hydrogen-bond donors (Lipinski definition) is 1. The fraction of sp³-hybridized carbons (Fsp3) is 1.00. The average Bonchev–Trinajstić information content (AvgIpc) is 2.77. The minimum absolute atomic E-state index is 0.184. The Labute approximate surface area is 118 Å². The summed E-state index contributed by atoms with van der Waals surface area (Å²) < 4.78 is 11.0. The van der Waals surface area contributed by atoms with Gasteiger partial charge in [0, 0.05) is 38.9 Å². The van der Waals surface area contributed by atoms with Crippen molar-refractivity contribution in [2.75, 3.05) is 33.9 Å². The Hall–Kier alpha value is -0.160. The monoisotopic (exact) mass is 272 g/mol. The number of nitrogens with one attached hydrogen (secondary N) is 1. The van der Waals surface area contributed by atoms with Crippen molar-refractivity contribution < 1.29 is 9.47 Å². The molecule has 0 aromatic heterocycles. The van der Waals surface area contributed by atoms with Crippen LogP contribution in [0.1, 0.15) is 34.6 Å². The molecule has 1 aliphatic rings. The molecule has 0 aromatic rings. The van der Waals surface area contributed by atoms with E-state index in [-0.39, 0.29) is 17.7 Å². The zero-order valence-corrected chi connectivity index (χ0v) is 13.7. The third-order valence-electron chi connectivity index (χ3n) is 4.20. The van der Waals surface area contributed by atoms with Crippen LogP contribution in [0.25, 0.3) is 0 Å². The van der Waals surface area contributed by atoms with Gasteiger partial charge in [-0.05, 0) is 40.2 Å². The van der Waals surface area contributed by atoms with Gasteiger partial charge in [-0.15, -0.1) is 0 Å². The number of hydrogen-bond acceptors (Lipinski definition) is 4. The predicted molar refractivity (Wildman–Crippen MR) is 79.5 cm³/mol. The summed E-state index contributed by atoms with van der Waals surface area (Å²) in [5.74, 6) is 0.604. The van der Waals surface area contributed by atoms with E-state index < -0.39 is 0 Å². The normalized spacial score (nSPS) is 28.6. The van der Waals surface area contributed by atoms with E-state index in [1.807, 2.05) is 0 Å². The van der Waals surface area contributed by atoms with Gasteiger partial charge in [0.25, 0.3) is 0 Å². The number of likely N-dealkylation sites (tertiary alicyclic amines) is 1. The molecule has 0 aliphatic carbocycles. The van der Waals surface area contributed by atoms with Gasteiger partial charge in [0.1, 0.15) is 0 Å². The zero-order chi connectivity index (χ0) is 14.6. The Morgan fingerprint density at radius 2 is 1.58 bits per heavy atom. The Bertz CT molecular complexity index is 253. The Balaban J connectivity index is 2.47. The number of nitrogens with zero attached hydrogens (tertiary/aromatic N) is 1. The molecule has 1 N–H and O–H groups in total. The van der Waals surface area contributed by atoms with E-state index in [9.17, 15) is 0 Å². The topological polar surface area (TPSA) is 33.7 Å². The highest BCUT2D eigenvalue weighted by Crippen LogP contribution is 2.21. The largest absolute Gasteiger partial charge is 0.377 e. The second-order valence-electron chi connectivity index (χ2n) is 6.85. The Morgan fingerprint density at radius 1 is 1.11 bits per heavy atom. The Kier molecular flexibility index (Phi) is 6.24. The highest BCUT2D eigenvalue weighted by atomic mass is 16.5. The van der Waals surface area contributed by atoms with Gasteiger partial charge in [-0.1, -0.05) is 6.92 Å². The molecule has 1 fully saturated rings. The highest BCUT2D eigenvalue weighted by Gasteiger charge is 2.36. The molecule has 0 bridgehead atoms. The summed E-state index contributed by atoms with van der Waals surface area (Å²) in [5.41, 5.74) is 0.184. The van der Waals surface area contributed by atoms with Gasteiger partial charge in [-0.3, -0.25) is 4.90 Å². The summed E-state index contributed by atoms with van der Waals surface area (Å²) in [4.78, 5) is 2.48. The first-order valence-electron chi connectivity index (χ1n) is 7.33. The van der Waals surface area contributed by atoms with Gasteiger partial charge in [-0.2, -0.15) is 0 Å². The molecule has 1 aliphatic heterocycles. The van der Waals surface area contributed by atoms with E-state index in [0.29, 0.717) is 12.0 Å². The standard InChI is InChI=1S/C15H32N2O2/c1-11(8-16-15(3,4)5)12(2)17-9-13(18-6)14(10-17)19-7/h11-14,16H,8-10H2,1-7H3. The molecule has 1 saturated heterocycles. The molecule has 1 rings (SSSR count). The SMILES string of the molecule is COC1CN(C(C)C(C)CNC(C)(C)C)CC1OC. The van der Waals surface area contributed by atoms with Crippen LogP contribution in [0.2, 0.25) is 0 Å². The lowest BCUT2D eigenvalue weighted by Crippen LogP contribution is -2.45. The number of methoxy groups -OCH3 is 2. The fourth-order valence-electron chi connectivity index (χ4n) is 2.55. The molecule has 0 radical (unpaired) electrons. The summed E-state index contributed by atoms with van der Waals surface area (Å²) in [6, 6.07) is 0.535. The second kappa shape index (κ2) is 7.02. The molecule has 4 unspecified atom stereocenters. The van der Waals surface area contributed by atoms with E-state index >= 15 is 0 Å². The summed E-state index contributed by atoms with van der Waals surface area (Å²) in [6.07, 6.45) is 0.408. The molecule has 114 valence electrons. The van der Waals surface area contributed by atoms with E-state index in [1.165, 1.54) is 0 Å². The molecule has 4 nitrogen and oxygen atoms in total. The third-order valence-corrected chi connectivity index (χ3v) is 4.20. The lowest BCUT2D eigenvalue weighted by atomic mass is 10.00. The average molecular weight is 272 g/mol. The fourth-order valence-corrected chi connectivity index (χ4v) is 2.55. The predicted octanol–water partition coefficient (Wildman–Crippen LogP) is 1.74. The van der Waals surface area contributed by atoms with Crippen LogP contribution in [-0.4, -0.2) is 62.5 Å². The smallest absolute Gasteiger partial charge is 0.0971 e. The molecule has 0 amide bonds. The third kappa shape index (κ3) is 5.03. The van der Waals surface area contributed by atoms with E-state index in [2.05, 4.69) is 44.8 Å². The van der Waals surface area contributed by atoms with Crippen molar-refractivity contribution in [3.63, 3.8) is 0 Å². The maximum absolute atomic E-state index is 5.51. The van der Waals surface area contributed by atoms with Crippen LogP contribution in [0.4, 0.5) is 0 Å². The van der Waals surface area contributed by atoms with Crippen LogP contribution in [0, 0.1) is 5.92 Å². The van der Waals surface area contributed by atoms with Gasteiger partial charge in [0.2, 0.25) is 0 Å². The Morgan fingerprint density at radius 3 is 1.95 bits per heavy atom. The highest BCUT2D eigenvalue weighted by molar-refractivity contribution is 4.90. The minimum Gasteiger partial charge on any atom is -0.377 e. The van der Waals surface area contributed by atoms with Gasteiger partial charge in [0.05, 0.1) is 12.2 Å². The van der Waals surface area contributed by atoms with Crippen LogP contribution < -0.4 is 5.32 Å². The van der Waals surface area contributed by atoms with Gasteiger partial charge < -0.3 is 14.8 Å². The lowest BCUT2D eigenvalue weighted by molar-refractivity contribution is -0.00461. The quantitative estimate of drug-likeness (QED) is 0.798. The van der Waals surface area contributed by atoms with Crippen LogP contribution in [0.15, 0.2) is 0 Å². The van der Waals surface area contributed by atoms with E-state index in [1.54, 1.807) is 14.2 Å². The number of rotatable bonds is 6. The van der Waals surface area contributed by atoms with Crippen molar-refractivity contribution in [3.05, 3.63) is 0 Å². The van der Waals surface area contributed by atoms with Crippen molar-refractivity contribution in [1.29, 1.82) is 0 Å². The first kappa shape index (κ1) is 16.9. The van der Waals surface area contributed by atoms with Crippen molar-refractivity contribution in [2.45, 2.75) is 58.4 Å². The molecule has 0 aromatic carbocycles. The van der Waals surface area contributed by atoms with Crippen molar-refractivity contribution >= 4 is 0 Å². The maximum Gasteiger partial charge on any atom is 0.0971 e. The lowest BCUT2D eigenvalue weighted by Gasteiger charge is -2.32. The molecule has 19 heavy (non-hydrogen) atoms. The number of ether oxygens (including phenoxy) is 2. The van der Waals surface area contributed by atoms with E-state index in [4.69, 9.17) is 9.47 Å². The first-order chi connectivity index (χ1) is 8.78. The molecule has 4 heteroatoms.